The van der Waals surface area contributed by atoms with Crippen molar-refractivity contribution in [1.82, 2.24) is 20.9 Å². The predicted octanol–water partition coefficient (Wildman–Crippen LogP) is 3.09. The van der Waals surface area contributed by atoms with Gasteiger partial charge in [0.2, 0.25) is 5.91 Å². The standard InChI is InChI=1S/C21H37N5OS.HI/c1-4-10-23-20(27)16-26-11-8-18(9-12-26)25-21(22-5-2)24-15-17(3)14-19-7-6-13-28-19;/h6-7,13,17-18H,4-5,8-12,14-16H2,1-3H3,(H,23,27)(H2,22,24,25);1H. The van der Waals surface area contributed by atoms with E-state index in [1.165, 1.54) is 4.88 Å². The number of thiophene rings is 1. The minimum Gasteiger partial charge on any atom is -0.357 e. The van der Waals surface area contributed by atoms with E-state index in [1.54, 1.807) is 0 Å². The first-order valence-electron chi connectivity index (χ1n) is 10.7. The zero-order chi connectivity index (χ0) is 20.2. The molecule has 8 heteroatoms. The van der Waals surface area contributed by atoms with Crippen molar-refractivity contribution >= 4 is 47.2 Å². The Balaban J connectivity index is 0.00000420. The first kappa shape index (κ1) is 26.2. The summed E-state index contributed by atoms with van der Waals surface area (Å²) in [5.74, 6) is 1.58. The molecule has 0 spiro atoms. The van der Waals surface area contributed by atoms with Crippen molar-refractivity contribution in [1.29, 1.82) is 0 Å². The Labute approximate surface area is 197 Å². The zero-order valence-electron chi connectivity index (χ0n) is 18.1. The van der Waals surface area contributed by atoms with E-state index < -0.39 is 0 Å². The second-order valence-corrected chi connectivity index (χ2v) is 8.69. The summed E-state index contributed by atoms with van der Waals surface area (Å²) >= 11 is 1.82. The quantitative estimate of drug-likeness (QED) is 0.245. The minimum atomic E-state index is 0. The van der Waals surface area contributed by atoms with E-state index in [2.05, 4.69) is 59.1 Å². The van der Waals surface area contributed by atoms with Gasteiger partial charge in [-0.3, -0.25) is 14.7 Å². The molecule has 2 rings (SSSR count). The van der Waals surface area contributed by atoms with Gasteiger partial charge in [-0.2, -0.15) is 0 Å². The summed E-state index contributed by atoms with van der Waals surface area (Å²) in [7, 11) is 0. The summed E-state index contributed by atoms with van der Waals surface area (Å²) in [5, 5.41) is 12.1. The van der Waals surface area contributed by atoms with E-state index in [0.717, 1.165) is 64.4 Å². The number of nitrogens with one attached hydrogen (secondary N) is 3. The van der Waals surface area contributed by atoms with Crippen LogP contribution in [-0.2, 0) is 11.2 Å². The number of carbonyl (C=O) groups excluding carboxylic acids is 1. The Morgan fingerprint density at radius 1 is 1.31 bits per heavy atom. The van der Waals surface area contributed by atoms with Crippen LogP contribution in [0.25, 0.3) is 0 Å². The van der Waals surface area contributed by atoms with Crippen molar-refractivity contribution in [3.05, 3.63) is 22.4 Å². The molecule has 1 aromatic rings. The molecule has 29 heavy (non-hydrogen) atoms. The second kappa shape index (κ2) is 15.0. The van der Waals surface area contributed by atoms with Crippen LogP contribution in [0.2, 0.25) is 0 Å². The van der Waals surface area contributed by atoms with Crippen molar-refractivity contribution in [3.63, 3.8) is 0 Å². The van der Waals surface area contributed by atoms with Gasteiger partial charge in [-0.05, 0) is 50.0 Å². The molecule has 3 N–H and O–H groups in total. The lowest BCUT2D eigenvalue weighted by Gasteiger charge is -2.32. The van der Waals surface area contributed by atoms with Gasteiger partial charge in [0, 0.05) is 43.6 Å². The molecule has 1 atom stereocenters. The number of hydrogen-bond acceptors (Lipinski definition) is 4. The van der Waals surface area contributed by atoms with Gasteiger partial charge < -0.3 is 16.0 Å². The molecule has 0 aromatic carbocycles. The van der Waals surface area contributed by atoms with E-state index in [9.17, 15) is 4.79 Å². The fourth-order valence-electron chi connectivity index (χ4n) is 3.36. The highest BCUT2D eigenvalue weighted by atomic mass is 127. The molecule has 1 fully saturated rings. The van der Waals surface area contributed by atoms with Gasteiger partial charge in [-0.25, -0.2) is 0 Å². The maximum Gasteiger partial charge on any atom is 0.234 e. The number of likely N-dealkylation sites (tertiary alicyclic amines) is 1. The summed E-state index contributed by atoms with van der Waals surface area (Å²) in [6.07, 6.45) is 4.14. The van der Waals surface area contributed by atoms with Gasteiger partial charge >= 0.3 is 0 Å². The van der Waals surface area contributed by atoms with E-state index in [1.807, 2.05) is 11.3 Å². The normalized spacial score (nSPS) is 16.7. The van der Waals surface area contributed by atoms with Crippen molar-refractivity contribution in [2.24, 2.45) is 10.9 Å². The third kappa shape index (κ3) is 10.6. The highest BCUT2D eigenvalue weighted by Crippen LogP contribution is 2.14. The Bertz CT molecular complexity index is 588. The number of aliphatic imine (C=N–C) groups is 1. The van der Waals surface area contributed by atoms with Gasteiger partial charge in [0.1, 0.15) is 0 Å². The van der Waals surface area contributed by atoms with Crippen LogP contribution in [0.3, 0.4) is 0 Å². The highest BCUT2D eigenvalue weighted by Gasteiger charge is 2.21. The number of guanidine groups is 1. The smallest absolute Gasteiger partial charge is 0.234 e. The lowest BCUT2D eigenvalue weighted by atomic mass is 10.1. The van der Waals surface area contributed by atoms with Crippen LogP contribution in [0, 0.1) is 5.92 Å². The summed E-state index contributed by atoms with van der Waals surface area (Å²) < 4.78 is 0. The van der Waals surface area contributed by atoms with E-state index in [-0.39, 0.29) is 29.9 Å². The maximum atomic E-state index is 11.9. The van der Waals surface area contributed by atoms with Crippen LogP contribution in [0.15, 0.2) is 22.5 Å². The fourth-order valence-corrected chi connectivity index (χ4v) is 4.23. The Morgan fingerprint density at radius 2 is 2.07 bits per heavy atom. The van der Waals surface area contributed by atoms with Gasteiger partial charge in [-0.15, -0.1) is 35.3 Å². The SMILES string of the molecule is CCCNC(=O)CN1CCC(NC(=NCC(C)Cc2cccs2)NCC)CC1.I. The van der Waals surface area contributed by atoms with Crippen molar-refractivity contribution in [2.45, 2.75) is 52.5 Å². The van der Waals surface area contributed by atoms with E-state index in [4.69, 9.17) is 4.99 Å². The van der Waals surface area contributed by atoms with Crippen LogP contribution >= 0.6 is 35.3 Å². The fraction of sp³-hybridized carbons (Fsp3) is 0.714. The maximum absolute atomic E-state index is 11.9. The molecule has 2 heterocycles. The van der Waals surface area contributed by atoms with Crippen LogP contribution < -0.4 is 16.0 Å². The topological polar surface area (TPSA) is 68.8 Å². The molecule has 1 saturated heterocycles. The molecule has 0 aliphatic carbocycles. The number of carbonyl (C=O) groups is 1. The Morgan fingerprint density at radius 3 is 2.69 bits per heavy atom. The van der Waals surface area contributed by atoms with Crippen molar-refractivity contribution in [3.8, 4) is 0 Å². The van der Waals surface area contributed by atoms with Crippen LogP contribution in [0.5, 0.6) is 0 Å². The van der Waals surface area contributed by atoms with Crippen LogP contribution in [0.1, 0.15) is 44.9 Å². The molecule has 1 aliphatic heterocycles. The first-order valence-corrected chi connectivity index (χ1v) is 11.5. The highest BCUT2D eigenvalue weighted by molar-refractivity contribution is 14.0. The Hall–Kier alpha value is -0.870. The number of amides is 1. The molecule has 0 bridgehead atoms. The monoisotopic (exact) mass is 535 g/mol. The van der Waals surface area contributed by atoms with Crippen LogP contribution in [-0.4, -0.2) is 62.1 Å². The molecule has 166 valence electrons. The Kier molecular flexibility index (Phi) is 13.5. The van der Waals surface area contributed by atoms with Crippen molar-refractivity contribution in [2.75, 3.05) is 39.3 Å². The second-order valence-electron chi connectivity index (χ2n) is 7.65. The van der Waals surface area contributed by atoms with Gasteiger partial charge in [0.25, 0.3) is 0 Å². The third-order valence-electron chi connectivity index (χ3n) is 4.90. The lowest BCUT2D eigenvalue weighted by molar-refractivity contribution is -0.122. The molecular formula is C21H38IN5OS. The zero-order valence-corrected chi connectivity index (χ0v) is 21.2. The molecule has 0 radical (unpaired) electrons. The molecule has 6 nitrogen and oxygen atoms in total. The van der Waals surface area contributed by atoms with Crippen molar-refractivity contribution < 1.29 is 4.79 Å². The molecule has 1 amide bonds. The predicted molar refractivity (Wildman–Crippen MR) is 134 cm³/mol. The van der Waals surface area contributed by atoms with Gasteiger partial charge in [0.05, 0.1) is 6.54 Å². The summed E-state index contributed by atoms with van der Waals surface area (Å²) in [6, 6.07) is 4.73. The number of nitrogens with zero attached hydrogens (tertiary/aromatic N) is 2. The summed E-state index contributed by atoms with van der Waals surface area (Å²) in [4.78, 5) is 20.4. The summed E-state index contributed by atoms with van der Waals surface area (Å²) in [5.41, 5.74) is 0. The number of hydrogen-bond donors (Lipinski definition) is 3. The molecular weight excluding hydrogens is 497 g/mol. The number of rotatable bonds is 10. The number of halogens is 1. The van der Waals surface area contributed by atoms with E-state index in [0.29, 0.717) is 18.5 Å². The molecule has 1 unspecified atom stereocenters. The van der Waals surface area contributed by atoms with Gasteiger partial charge in [0.15, 0.2) is 5.96 Å². The van der Waals surface area contributed by atoms with Gasteiger partial charge in [-0.1, -0.05) is 19.9 Å². The average Bonchev–Trinajstić information content (AvgIpc) is 3.19. The third-order valence-corrected chi connectivity index (χ3v) is 5.80. The minimum absolute atomic E-state index is 0. The largest absolute Gasteiger partial charge is 0.357 e. The molecule has 1 aromatic heterocycles. The lowest BCUT2D eigenvalue weighted by Crippen LogP contribution is -2.50. The average molecular weight is 536 g/mol. The molecule has 1 aliphatic rings. The molecule has 0 saturated carbocycles. The summed E-state index contributed by atoms with van der Waals surface area (Å²) in [6.45, 7) is 11.3. The van der Waals surface area contributed by atoms with Crippen LogP contribution in [0.4, 0.5) is 0 Å². The number of piperidine rings is 1. The first-order chi connectivity index (χ1) is 13.6. The van der Waals surface area contributed by atoms with E-state index >= 15 is 0 Å².